The number of aryl methyl sites for hydroxylation is 1. The molecular formula is C19H24Cl2N4O2. The Hall–Kier alpha value is -1.79. The summed E-state index contributed by atoms with van der Waals surface area (Å²) in [7, 11) is 0. The zero-order chi connectivity index (χ0) is 19.2. The van der Waals surface area contributed by atoms with Gasteiger partial charge in [0.15, 0.2) is 0 Å². The van der Waals surface area contributed by atoms with Crippen LogP contribution >= 0.6 is 23.2 Å². The molecule has 27 heavy (non-hydrogen) atoms. The third kappa shape index (κ3) is 5.14. The van der Waals surface area contributed by atoms with Crippen LogP contribution in [0.5, 0.6) is 5.75 Å². The summed E-state index contributed by atoms with van der Waals surface area (Å²) in [5.41, 5.74) is 0. The molecule has 1 aromatic carbocycles. The highest BCUT2D eigenvalue weighted by Gasteiger charge is 2.26. The zero-order valence-electron chi connectivity index (χ0n) is 15.4. The van der Waals surface area contributed by atoms with Gasteiger partial charge in [0.25, 0.3) is 0 Å². The minimum atomic E-state index is 0.177. The molecule has 0 radical (unpaired) electrons. The molecule has 1 aliphatic rings. The van der Waals surface area contributed by atoms with Crippen molar-refractivity contribution >= 4 is 29.1 Å². The molecule has 0 unspecified atom stereocenters. The van der Waals surface area contributed by atoms with E-state index in [4.69, 9.17) is 27.9 Å². The lowest BCUT2D eigenvalue weighted by atomic mass is 9.95. The van der Waals surface area contributed by atoms with Gasteiger partial charge in [-0.15, -0.1) is 10.2 Å². The first-order valence-electron chi connectivity index (χ1n) is 9.31. The predicted octanol–water partition coefficient (Wildman–Crippen LogP) is 4.17. The average molecular weight is 411 g/mol. The van der Waals surface area contributed by atoms with Crippen LogP contribution in [0.3, 0.4) is 0 Å². The maximum Gasteiger partial charge on any atom is 0.222 e. The minimum absolute atomic E-state index is 0.177. The van der Waals surface area contributed by atoms with E-state index in [1.165, 1.54) is 0 Å². The second-order valence-electron chi connectivity index (χ2n) is 6.66. The standard InChI is InChI=1S/C19H24Cl2N4O2/c1-2-24-13-22-23-19(24)14-7-9-25(10-8-14)18(26)4-3-11-27-17-6-5-15(20)12-16(17)21/h5-6,12-14H,2-4,7-11H2,1H3. The normalized spacial score (nSPS) is 15.1. The van der Waals surface area contributed by atoms with Crippen molar-refractivity contribution in [3.63, 3.8) is 0 Å². The molecule has 1 aliphatic heterocycles. The number of halogens is 2. The quantitative estimate of drug-likeness (QED) is 0.642. The average Bonchev–Trinajstić information content (AvgIpc) is 3.15. The highest BCUT2D eigenvalue weighted by Crippen LogP contribution is 2.28. The van der Waals surface area contributed by atoms with Gasteiger partial charge in [-0.3, -0.25) is 4.79 Å². The van der Waals surface area contributed by atoms with Crippen LogP contribution in [-0.4, -0.2) is 45.3 Å². The van der Waals surface area contributed by atoms with Crippen molar-refractivity contribution in [2.75, 3.05) is 19.7 Å². The summed E-state index contributed by atoms with van der Waals surface area (Å²) in [5, 5.41) is 9.32. The summed E-state index contributed by atoms with van der Waals surface area (Å²) in [6.45, 7) is 4.95. The van der Waals surface area contributed by atoms with Crippen LogP contribution in [0, 0.1) is 0 Å². The summed E-state index contributed by atoms with van der Waals surface area (Å²) in [6.07, 6.45) is 4.77. The topological polar surface area (TPSA) is 60.2 Å². The summed E-state index contributed by atoms with van der Waals surface area (Å²) >= 11 is 11.9. The number of hydrogen-bond acceptors (Lipinski definition) is 4. The molecule has 1 fully saturated rings. The van der Waals surface area contributed by atoms with Crippen LogP contribution in [-0.2, 0) is 11.3 Å². The van der Waals surface area contributed by atoms with Crippen LogP contribution in [0.25, 0.3) is 0 Å². The largest absolute Gasteiger partial charge is 0.492 e. The van der Waals surface area contributed by atoms with E-state index in [1.54, 1.807) is 24.5 Å². The van der Waals surface area contributed by atoms with Crippen LogP contribution in [0.4, 0.5) is 0 Å². The Balaban J connectivity index is 1.39. The number of hydrogen-bond donors (Lipinski definition) is 0. The van der Waals surface area contributed by atoms with Gasteiger partial charge in [-0.1, -0.05) is 23.2 Å². The predicted molar refractivity (Wildman–Crippen MR) is 105 cm³/mol. The second-order valence-corrected chi connectivity index (χ2v) is 7.50. The molecule has 0 N–H and O–H groups in total. The summed E-state index contributed by atoms with van der Waals surface area (Å²) < 4.78 is 7.73. The molecular weight excluding hydrogens is 387 g/mol. The van der Waals surface area contributed by atoms with Crippen LogP contribution in [0.1, 0.15) is 44.3 Å². The van der Waals surface area contributed by atoms with E-state index in [9.17, 15) is 4.79 Å². The summed E-state index contributed by atoms with van der Waals surface area (Å²) in [6, 6.07) is 5.12. The lowest BCUT2D eigenvalue weighted by Gasteiger charge is -2.31. The SMILES string of the molecule is CCn1cnnc1C1CCN(C(=O)CCCOc2ccc(Cl)cc2Cl)CC1. The van der Waals surface area contributed by atoms with Gasteiger partial charge in [-0.05, 0) is 44.4 Å². The number of benzene rings is 1. The Morgan fingerprint density at radius 1 is 1.30 bits per heavy atom. The molecule has 0 spiro atoms. The number of rotatable bonds is 7. The van der Waals surface area contributed by atoms with Crippen LogP contribution in [0.15, 0.2) is 24.5 Å². The molecule has 2 aromatic rings. The van der Waals surface area contributed by atoms with E-state index in [-0.39, 0.29) is 5.91 Å². The van der Waals surface area contributed by atoms with Crippen LogP contribution < -0.4 is 4.74 Å². The van der Waals surface area contributed by atoms with Crippen molar-refractivity contribution in [2.45, 2.75) is 45.1 Å². The first kappa shape index (κ1) is 20.0. The Morgan fingerprint density at radius 3 is 2.78 bits per heavy atom. The van der Waals surface area contributed by atoms with Gasteiger partial charge in [-0.2, -0.15) is 0 Å². The molecule has 146 valence electrons. The highest BCUT2D eigenvalue weighted by molar-refractivity contribution is 6.35. The van der Waals surface area contributed by atoms with Gasteiger partial charge in [-0.25, -0.2) is 0 Å². The number of piperidine rings is 1. The second kappa shape index (κ2) is 9.42. The molecule has 8 heteroatoms. The molecule has 1 amide bonds. The third-order valence-corrected chi connectivity index (χ3v) is 5.42. The number of carbonyl (C=O) groups is 1. The molecule has 3 rings (SSSR count). The van der Waals surface area contributed by atoms with E-state index >= 15 is 0 Å². The molecule has 0 aliphatic carbocycles. The number of carbonyl (C=O) groups excluding carboxylic acids is 1. The van der Waals surface area contributed by atoms with Gasteiger partial charge in [0.1, 0.15) is 17.9 Å². The molecule has 1 aromatic heterocycles. The molecule has 2 heterocycles. The van der Waals surface area contributed by atoms with E-state index in [2.05, 4.69) is 21.7 Å². The van der Waals surface area contributed by atoms with E-state index in [0.29, 0.717) is 41.2 Å². The van der Waals surface area contributed by atoms with Crippen molar-refractivity contribution < 1.29 is 9.53 Å². The smallest absolute Gasteiger partial charge is 0.222 e. The number of ether oxygens (including phenoxy) is 1. The molecule has 0 bridgehead atoms. The van der Waals surface area contributed by atoms with Gasteiger partial charge in [0.05, 0.1) is 11.6 Å². The van der Waals surface area contributed by atoms with Gasteiger partial charge >= 0.3 is 0 Å². The fourth-order valence-electron chi connectivity index (χ4n) is 3.37. The number of amides is 1. The van der Waals surface area contributed by atoms with Crippen LogP contribution in [0.2, 0.25) is 10.0 Å². The Bertz CT molecular complexity index is 773. The fraction of sp³-hybridized carbons (Fsp3) is 0.526. The van der Waals surface area contributed by atoms with Crippen molar-refractivity contribution in [2.24, 2.45) is 0 Å². The molecule has 0 atom stereocenters. The van der Waals surface area contributed by atoms with Gasteiger partial charge in [0, 0.05) is 37.0 Å². The maximum absolute atomic E-state index is 12.4. The number of nitrogens with zero attached hydrogens (tertiary/aromatic N) is 4. The van der Waals surface area contributed by atoms with Gasteiger partial charge < -0.3 is 14.2 Å². The van der Waals surface area contributed by atoms with E-state index in [1.807, 2.05) is 4.90 Å². The molecule has 6 nitrogen and oxygen atoms in total. The first-order chi connectivity index (χ1) is 13.1. The lowest BCUT2D eigenvalue weighted by molar-refractivity contribution is -0.132. The minimum Gasteiger partial charge on any atom is -0.492 e. The van der Waals surface area contributed by atoms with Crippen molar-refractivity contribution in [3.05, 3.63) is 40.4 Å². The molecule has 0 saturated carbocycles. The fourth-order valence-corrected chi connectivity index (χ4v) is 3.83. The summed E-state index contributed by atoms with van der Waals surface area (Å²) in [4.78, 5) is 14.4. The lowest BCUT2D eigenvalue weighted by Crippen LogP contribution is -2.38. The Kier molecular flexibility index (Phi) is 6.96. The monoisotopic (exact) mass is 410 g/mol. The van der Waals surface area contributed by atoms with E-state index in [0.717, 1.165) is 38.3 Å². The maximum atomic E-state index is 12.4. The molecule has 1 saturated heterocycles. The third-order valence-electron chi connectivity index (χ3n) is 4.89. The summed E-state index contributed by atoms with van der Waals surface area (Å²) in [5.74, 6) is 2.19. The number of likely N-dealkylation sites (tertiary alicyclic amines) is 1. The number of aromatic nitrogens is 3. The Morgan fingerprint density at radius 2 is 2.07 bits per heavy atom. The highest BCUT2D eigenvalue weighted by atomic mass is 35.5. The Labute approximate surface area is 169 Å². The zero-order valence-corrected chi connectivity index (χ0v) is 16.9. The van der Waals surface area contributed by atoms with E-state index < -0.39 is 0 Å². The van der Waals surface area contributed by atoms with Crippen molar-refractivity contribution in [1.82, 2.24) is 19.7 Å². The first-order valence-corrected chi connectivity index (χ1v) is 10.1. The van der Waals surface area contributed by atoms with Crippen molar-refractivity contribution in [1.29, 1.82) is 0 Å². The van der Waals surface area contributed by atoms with Gasteiger partial charge in [0.2, 0.25) is 5.91 Å². The van der Waals surface area contributed by atoms with Crippen molar-refractivity contribution in [3.8, 4) is 5.75 Å².